The van der Waals surface area contributed by atoms with E-state index in [9.17, 15) is 13.2 Å². The second kappa shape index (κ2) is 14.1. The van der Waals surface area contributed by atoms with Gasteiger partial charge in [0.2, 0.25) is 0 Å². The van der Waals surface area contributed by atoms with Gasteiger partial charge in [-0.1, -0.05) is 71.0 Å². The van der Waals surface area contributed by atoms with Crippen LogP contribution in [0.1, 0.15) is 30.7 Å². The third kappa shape index (κ3) is 11.3. The lowest BCUT2D eigenvalue weighted by molar-refractivity contribution is -0.110. The second-order valence-electron chi connectivity index (χ2n) is 7.56. The molecule has 0 radical (unpaired) electrons. The number of alkyl halides is 3. The summed E-state index contributed by atoms with van der Waals surface area (Å²) < 4.78 is 31.1. The van der Waals surface area contributed by atoms with Crippen molar-refractivity contribution in [2.24, 2.45) is 0 Å². The number of aromatic nitrogens is 1. The fourth-order valence-electron chi connectivity index (χ4n) is 3.00. The minimum absolute atomic E-state index is 0.188. The van der Waals surface area contributed by atoms with Crippen LogP contribution in [0.2, 0.25) is 25.1 Å². The normalized spacial score (nSPS) is 11.4. The Hall–Kier alpha value is -0.930. The van der Waals surface area contributed by atoms with E-state index in [1.165, 1.54) is 5.56 Å². The summed E-state index contributed by atoms with van der Waals surface area (Å²) in [6.45, 7) is 5.10. The van der Waals surface area contributed by atoms with Gasteiger partial charge >= 0.3 is 6.18 Å². The molecule has 0 saturated carbocycles. The number of nitrogens with zero attached hydrogens (tertiary/aromatic N) is 2. The molecular weight excluding hydrogens is 585 g/mol. The molecule has 0 atom stereocenters. The smallest absolute Gasteiger partial charge is 0.329 e. The van der Waals surface area contributed by atoms with Gasteiger partial charge in [-0.05, 0) is 49.2 Å². The Morgan fingerprint density at radius 1 is 0.943 bits per heavy atom. The molecule has 2 aromatic carbocycles. The molecule has 3 rings (SSSR count). The van der Waals surface area contributed by atoms with Crippen molar-refractivity contribution in [1.29, 1.82) is 0 Å². The highest BCUT2D eigenvalue weighted by molar-refractivity contribution is 7.15. The van der Waals surface area contributed by atoms with Gasteiger partial charge in [0.05, 0.1) is 25.8 Å². The van der Waals surface area contributed by atoms with E-state index in [1.54, 1.807) is 23.5 Å². The van der Waals surface area contributed by atoms with Crippen molar-refractivity contribution < 1.29 is 13.2 Å². The standard InChI is InChI=1S/C21H20Cl5N3S.C2H3F3/c1-2-6-29(7-5-13-3-4-16(23)17(24)8-13)12-15-11-27-21(30-15)28-20-18(25)9-14(22)10-19(20)26;1-2(3,4)5/h3-4,8-11H,2,5-7,12H2,1H3,(H,27,28);1H3. The van der Waals surface area contributed by atoms with E-state index in [2.05, 4.69) is 22.1 Å². The third-order valence-corrected chi connectivity index (χ3v) is 6.86. The summed E-state index contributed by atoms with van der Waals surface area (Å²) in [5.74, 6) is 0. The van der Waals surface area contributed by atoms with E-state index < -0.39 is 6.18 Å². The first-order valence-electron chi connectivity index (χ1n) is 10.4. The van der Waals surface area contributed by atoms with Gasteiger partial charge in [0.1, 0.15) is 0 Å². The highest BCUT2D eigenvalue weighted by Crippen LogP contribution is 2.36. The summed E-state index contributed by atoms with van der Waals surface area (Å²) >= 11 is 32.2. The first-order valence-corrected chi connectivity index (χ1v) is 13.2. The summed E-state index contributed by atoms with van der Waals surface area (Å²) in [4.78, 5) is 8.03. The van der Waals surface area contributed by atoms with Crippen molar-refractivity contribution in [2.45, 2.75) is 39.4 Å². The molecule has 1 aromatic heterocycles. The van der Waals surface area contributed by atoms with E-state index in [4.69, 9.17) is 58.0 Å². The van der Waals surface area contributed by atoms with E-state index in [0.717, 1.165) is 42.5 Å². The van der Waals surface area contributed by atoms with Crippen LogP contribution in [0.5, 0.6) is 0 Å². The summed E-state index contributed by atoms with van der Waals surface area (Å²) in [7, 11) is 0. The number of nitrogens with one attached hydrogen (secondary N) is 1. The summed E-state index contributed by atoms with van der Waals surface area (Å²) in [6.07, 6.45) is -0.148. The van der Waals surface area contributed by atoms with Crippen LogP contribution in [0.3, 0.4) is 0 Å². The maximum Gasteiger partial charge on any atom is 0.386 e. The topological polar surface area (TPSA) is 28.2 Å². The van der Waals surface area contributed by atoms with Crippen LogP contribution in [0.25, 0.3) is 0 Å². The van der Waals surface area contributed by atoms with Gasteiger partial charge in [-0.15, -0.1) is 11.3 Å². The monoisotopic (exact) mass is 605 g/mol. The number of hydrogen-bond donors (Lipinski definition) is 1. The molecule has 0 unspecified atom stereocenters. The third-order valence-electron chi connectivity index (χ3n) is 4.41. The Morgan fingerprint density at radius 3 is 2.14 bits per heavy atom. The zero-order valence-electron chi connectivity index (χ0n) is 18.8. The summed E-state index contributed by atoms with van der Waals surface area (Å²) in [5.41, 5.74) is 1.78. The van der Waals surface area contributed by atoms with Gasteiger partial charge in [0.15, 0.2) is 5.13 Å². The Bertz CT molecular complexity index is 1080. The molecule has 1 N–H and O–H groups in total. The fraction of sp³-hybridized carbons (Fsp3) is 0.348. The molecule has 3 nitrogen and oxygen atoms in total. The van der Waals surface area contributed by atoms with Gasteiger partial charge in [-0.3, -0.25) is 4.90 Å². The second-order valence-corrected chi connectivity index (χ2v) is 10.7. The minimum atomic E-state index is -4.00. The molecule has 0 aliphatic rings. The lowest BCUT2D eigenvalue weighted by atomic mass is 10.1. The molecular formula is C23H23Cl5F3N3S. The van der Waals surface area contributed by atoms with Crippen molar-refractivity contribution in [3.05, 3.63) is 72.1 Å². The number of rotatable bonds is 9. The summed E-state index contributed by atoms with van der Waals surface area (Å²) in [5, 5.41) is 6.51. The van der Waals surface area contributed by atoms with Gasteiger partial charge in [0.25, 0.3) is 0 Å². The predicted molar refractivity (Wildman–Crippen MR) is 144 cm³/mol. The molecule has 192 valence electrons. The van der Waals surface area contributed by atoms with E-state index in [1.807, 2.05) is 24.4 Å². The Labute approximate surface area is 232 Å². The fourth-order valence-corrected chi connectivity index (χ4v) is 5.09. The van der Waals surface area contributed by atoms with Crippen molar-refractivity contribution >= 4 is 80.2 Å². The molecule has 0 bridgehead atoms. The van der Waals surface area contributed by atoms with Crippen LogP contribution in [0, 0.1) is 0 Å². The lowest BCUT2D eigenvalue weighted by Crippen LogP contribution is -2.26. The van der Waals surface area contributed by atoms with Crippen molar-refractivity contribution in [3.63, 3.8) is 0 Å². The van der Waals surface area contributed by atoms with E-state index in [0.29, 0.717) is 30.8 Å². The molecule has 0 spiro atoms. The maximum atomic E-state index is 10.4. The van der Waals surface area contributed by atoms with Crippen molar-refractivity contribution in [1.82, 2.24) is 9.88 Å². The van der Waals surface area contributed by atoms with Crippen LogP contribution >= 0.6 is 69.3 Å². The van der Waals surface area contributed by atoms with Crippen molar-refractivity contribution in [3.8, 4) is 0 Å². The Morgan fingerprint density at radius 2 is 1.57 bits per heavy atom. The number of thiazole rings is 1. The van der Waals surface area contributed by atoms with Crippen LogP contribution in [0.4, 0.5) is 24.0 Å². The zero-order valence-corrected chi connectivity index (χ0v) is 23.4. The van der Waals surface area contributed by atoms with Gasteiger partial charge in [0, 0.05) is 36.1 Å². The van der Waals surface area contributed by atoms with Crippen LogP contribution in [0.15, 0.2) is 36.5 Å². The van der Waals surface area contributed by atoms with Crippen molar-refractivity contribution in [2.75, 3.05) is 18.4 Å². The molecule has 3 aromatic rings. The average molecular weight is 608 g/mol. The van der Waals surface area contributed by atoms with Crippen LogP contribution in [-0.4, -0.2) is 29.1 Å². The van der Waals surface area contributed by atoms with Gasteiger partial charge in [-0.25, -0.2) is 4.98 Å². The number of benzene rings is 2. The van der Waals surface area contributed by atoms with Gasteiger partial charge < -0.3 is 5.32 Å². The maximum absolute atomic E-state index is 10.4. The molecule has 0 aliphatic carbocycles. The number of hydrogen-bond acceptors (Lipinski definition) is 4. The minimum Gasteiger partial charge on any atom is -0.329 e. The number of anilines is 2. The first kappa shape index (κ1) is 30.3. The molecule has 0 fully saturated rings. The highest BCUT2D eigenvalue weighted by Gasteiger charge is 2.16. The molecule has 12 heteroatoms. The Balaban J connectivity index is 0.000000784. The zero-order chi connectivity index (χ0) is 26.2. The van der Waals surface area contributed by atoms with Crippen LogP contribution in [-0.2, 0) is 13.0 Å². The lowest BCUT2D eigenvalue weighted by Gasteiger charge is -2.20. The average Bonchev–Trinajstić information content (AvgIpc) is 3.17. The molecule has 0 aliphatic heterocycles. The number of halogens is 8. The predicted octanol–water partition coefficient (Wildman–Crippen LogP) is 10.2. The molecule has 0 amide bonds. The SMILES string of the molecule is CC(F)(F)F.CCCN(CCc1ccc(Cl)c(Cl)c1)Cc1cnc(Nc2c(Cl)cc(Cl)cc2Cl)s1. The van der Waals surface area contributed by atoms with E-state index in [-0.39, 0.29) is 6.92 Å². The highest BCUT2D eigenvalue weighted by atomic mass is 35.5. The van der Waals surface area contributed by atoms with Gasteiger partial charge in [-0.2, -0.15) is 13.2 Å². The summed E-state index contributed by atoms with van der Waals surface area (Å²) in [6, 6.07) is 9.10. The first-order chi connectivity index (χ1) is 16.4. The Kier molecular flexibility index (Phi) is 12.2. The largest absolute Gasteiger partial charge is 0.386 e. The molecule has 35 heavy (non-hydrogen) atoms. The van der Waals surface area contributed by atoms with E-state index >= 15 is 0 Å². The molecule has 0 saturated heterocycles. The quantitative estimate of drug-likeness (QED) is 0.262. The molecule has 1 heterocycles. The van der Waals surface area contributed by atoms with Crippen LogP contribution < -0.4 is 5.32 Å².